The first kappa shape index (κ1) is 12.2. The van der Waals surface area contributed by atoms with Gasteiger partial charge in [-0.15, -0.1) is 0 Å². The number of rotatable bonds is 0. The molecule has 0 aromatic rings. The molecule has 0 saturated carbocycles. The molecule has 2 unspecified atom stereocenters. The van der Waals surface area contributed by atoms with Crippen LogP contribution in [0.2, 0.25) is 0 Å². The number of hydrogen-bond donors (Lipinski definition) is 1. The van der Waals surface area contributed by atoms with Crippen molar-refractivity contribution >= 4 is 18.8 Å². The molecule has 1 fully saturated rings. The van der Waals surface area contributed by atoms with Crippen LogP contribution in [0.5, 0.6) is 0 Å². The van der Waals surface area contributed by atoms with Crippen molar-refractivity contribution in [2.24, 2.45) is 5.73 Å². The number of halogens is 2. The molecular weight excluding hydrogens is 366 g/mol. The van der Waals surface area contributed by atoms with Gasteiger partial charge in [-0.3, -0.25) is 0 Å². The topological polar surface area (TPSA) is 29.3 Å². The quantitative estimate of drug-likeness (QED) is 0.689. The van der Waals surface area contributed by atoms with Gasteiger partial charge in [-0.25, -0.2) is 0 Å². The summed E-state index contributed by atoms with van der Waals surface area (Å²) in [6, 6.07) is 1.01. The van der Waals surface area contributed by atoms with Gasteiger partial charge in [-0.1, -0.05) is 0 Å². The zero-order valence-corrected chi connectivity index (χ0v) is 10.4. The molecule has 2 atom stereocenters. The Labute approximate surface area is 84.8 Å². The fraction of sp³-hybridized carbons (Fsp3) is 1.00. The standard InChI is InChI=1S/C6H14N2.2ClH.Pt/c1-5-6(7)3-4-8(5)2;;;/h5-6H,3-4,7H2,1-2H3;2*1H;/q;;;+2/p-2. The second-order valence-electron chi connectivity index (χ2n) is 2.72. The molecule has 5 heteroatoms. The van der Waals surface area contributed by atoms with E-state index in [2.05, 4.69) is 18.9 Å². The minimum atomic E-state index is -0.472. The van der Waals surface area contributed by atoms with Gasteiger partial charge in [0.05, 0.1) is 0 Å². The summed E-state index contributed by atoms with van der Waals surface area (Å²) in [4.78, 5) is 2.30. The van der Waals surface area contributed by atoms with E-state index in [1.807, 2.05) is 0 Å². The molecule has 0 aliphatic carbocycles. The van der Waals surface area contributed by atoms with E-state index in [4.69, 9.17) is 24.6 Å². The SMILES string of the molecule is CC1C(N)CCN1C.[Cl][Pt][Cl]. The molecule has 2 N–H and O–H groups in total. The van der Waals surface area contributed by atoms with Gasteiger partial charge in [0.25, 0.3) is 0 Å². The van der Waals surface area contributed by atoms with Crippen LogP contribution in [0.1, 0.15) is 13.3 Å². The molecule has 0 spiro atoms. The fourth-order valence-corrected chi connectivity index (χ4v) is 1.12. The summed E-state index contributed by atoms with van der Waals surface area (Å²) in [6.45, 7) is 3.35. The summed E-state index contributed by atoms with van der Waals surface area (Å²) in [5.74, 6) is 0. The third kappa shape index (κ3) is 4.69. The first-order valence-corrected chi connectivity index (χ1v) is 9.04. The summed E-state index contributed by atoms with van der Waals surface area (Å²) < 4.78 is 0. The van der Waals surface area contributed by atoms with Crippen molar-refractivity contribution < 1.29 is 16.5 Å². The Morgan fingerprint density at radius 3 is 2.09 bits per heavy atom. The van der Waals surface area contributed by atoms with Crippen molar-refractivity contribution in [3.63, 3.8) is 0 Å². The van der Waals surface area contributed by atoms with Gasteiger partial charge in [0.2, 0.25) is 0 Å². The van der Waals surface area contributed by atoms with E-state index >= 15 is 0 Å². The monoisotopic (exact) mass is 379 g/mol. The van der Waals surface area contributed by atoms with Crippen molar-refractivity contribution in [1.29, 1.82) is 0 Å². The Morgan fingerprint density at radius 2 is 2.00 bits per heavy atom. The first-order valence-electron chi connectivity index (χ1n) is 3.41. The van der Waals surface area contributed by atoms with E-state index in [0.717, 1.165) is 6.42 Å². The van der Waals surface area contributed by atoms with Crippen LogP contribution in [-0.4, -0.2) is 30.6 Å². The van der Waals surface area contributed by atoms with Crippen LogP contribution in [0.15, 0.2) is 0 Å². The molecule has 11 heavy (non-hydrogen) atoms. The normalized spacial score (nSPS) is 31.7. The van der Waals surface area contributed by atoms with Crippen molar-refractivity contribution in [3.8, 4) is 0 Å². The van der Waals surface area contributed by atoms with Gasteiger partial charge < -0.3 is 10.6 Å². The summed E-state index contributed by atoms with van der Waals surface area (Å²) in [5, 5.41) is 0. The van der Waals surface area contributed by atoms with Gasteiger partial charge >= 0.3 is 35.3 Å². The number of likely N-dealkylation sites (N-methyl/N-ethyl adjacent to an activating group) is 1. The van der Waals surface area contributed by atoms with Crippen LogP contribution < -0.4 is 5.73 Å². The van der Waals surface area contributed by atoms with E-state index in [-0.39, 0.29) is 0 Å². The molecule has 0 radical (unpaired) electrons. The van der Waals surface area contributed by atoms with Gasteiger partial charge in [-0.2, -0.15) is 0 Å². The molecule has 1 heterocycles. The summed E-state index contributed by atoms with van der Waals surface area (Å²) in [7, 11) is 11.9. The van der Waals surface area contributed by atoms with E-state index < -0.39 is 16.5 Å². The summed E-state index contributed by atoms with van der Waals surface area (Å²) in [5.41, 5.74) is 5.73. The van der Waals surface area contributed by atoms with Crippen LogP contribution >= 0.6 is 18.8 Å². The third-order valence-electron chi connectivity index (χ3n) is 2.13. The molecule has 0 amide bonds. The third-order valence-corrected chi connectivity index (χ3v) is 2.13. The maximum absolute atomic E-state index is 5.73. The molecule has 1 rings (SSSR count). The molecule has 2 nitrogen and oxygen atoms in total. The second-order valence-corrected chi connectivity index (χ2v) is 6.00. The molecular formula is C6H14Cl2N2Pt. The van der Waals surface area contributed by atoms with E-state index in [0.29, 0.717) is 12.1 Å². The van der Waals surface area contributed by atoms with Gasteiger partial charge in [0.1, 0.15) is 0 Å². The molecule has 0 aromatic carbocycles. The Bertz CT molecular complexity index is 94.6. The molecule has 1 aliphatic rings. The minimum absolute atomic E-state index is 0.417. The predicted molar refractivity (Wildman–Crippen MR) is 46.4 cm³/mol. The Morgan fingerprint density at radius 1 is 1.55 bits per heavy atom. The average Bonchev–Trinajstić information content (AvgIpc) is 2.22. The summed E-state index contributed by atoms with van der Waals surface area (Å²) >= 11 is -0.472. The molecule has 1 aliphatic heterocycles. The zero-order chi connectivity index (χ0) is 8.85. The van der Waals surface area contributed by atoms with Crippen LogP contribution in [0, 0.1) is 0 Å². The fourth-order valence-electron chi connectivity index (χ4n) is 1.12. The van der Waals surface area contributed by atoms with Crippen LogP contribution in [0.3, 0.4) is 0 Å². The van der Waals surface area contributed by atoms with Gasteiger partial charge in [0, 0.05) is 12.1 Å². The number of likely N-dealkylation sites (tertiary alicyclic amines) is 1. The number of nitrogens with two attached hydrogens (primary N) is 1. The predicted octanol–water partition coefficient (Wildman–Crippen LogP) is 1.41. The molecule has 0 aromatic heterocycles. The van der Waals surface area contributed by atoms with Crippen molar-refractivity contribution in [3.05, 3.63) is 0 Å². The second kappa shape index (κ2) is 6.68. The average molecular weight is 380 g/mol. The van der Waals surface area contributed by atoms with Gasteiger partial charge in [0.15, 0.2) is 0 Å². The van der Waals surface area contributed by atoms with E-state index in [1.54, 1.807) is 0 Å². The molecule has 72 valence electrons. The molecule has 0 bridgehead atoms. The van der Waals surface area contributed by atoms with E-state index in [1.165, 1.54) is 6.54 Å². The van der Waals surface area contributed by atoms with Crippen molar-refractivity contribution in [1.82, 2.24) is 4.90 Å². The maximum atomic E-state index is 5.73. The Kier molecular flexibility index (Phi) is 7.40. The van der Waals surface area contributed by atoms with Crippen LogP contribution in [0.25, 0.3) is 0 Å². The number of hydrogen-bond acceptors (Lipinski definition) is 2. The molecule has 1 saturated heterocycles. The Hall–Kier alpha value is 1.19. The number of nitrogens with zero attached hydrogens (tertiary/aromatic N) is 1. The van der Waals surface area contributed by atoms with E-state index in [9.17, 15) is 0 Å². The first-order chi connectivity index (χ1) is 5.13. The zero-order valence-electron chi connectivity index (χ0n) is 6.67. The van der Waals surface area contributed by atoms with Crippen molar-refractivity contribution in [2.75, 3.05) is 13.6 Å². The van der Waals surface area contributed by atoms with Crippen molar-refractivity contribution in [2.45, 2.75) is 25.4 Å². The Balaban J connectivity index is 0.000000292. The van der Waals surface area contributed by atoms with Crippen LogP contribution in [-0.2, 0) is 16.5 Å². The van der Waals surface area contributed by atoms with Crippen LogP contribution in [0.4, 0.5) is 0 Å². The van der Waals surface area contributed by atoms with Gasteiger partial charge in [-0.05, 0) is 26.9 Å². The summed E-state index contributed by atoms with van der Waals surface area (Å²) in [6.07, 6.45) is 1.16.